The summed E-state index contributed by atoms with van der Waals surface area (Å²) < 4.78 is 0. The van der Waals surface area contributed by atoms with Crippen LogP contribution in [0.1, 0.15) is 30.1 Å². The molecule has 0 saturated heterocycles. The fraction of sp³-hybridized carbons (Fsp3) is 0.294. The average molecular weight is 238 g/mol. The lowest BCUT2D eigenvalue weighted by Gasteiger charge is -2.10. The Morgan fingerprint density at radius 3 is 2.06 bits per heavy atom. The van der Waals surface area contributed by atoms with Crippen LogP contribution in [0, 0.1) is 11.8 Å². The first kappa shape index (κ1) is 11.5. The van der Waals surface area contributed by atoms with Gasteiger partial charge in [0.2, 0.25) is 0 Å². The normalized spacial score (nSPS) is 27.8. The Labute approximate surface area is 108 Å². The van der Waals surface area contributed by atoms with E-state index in [1.54, 1.807) is 0 Å². The number of aliphatic hydroxyl groups excluding tert-OH is 1. The highest BCUT2D eigenvalue weighted by Gasteiger charge is 2.51. The smallest absolute Gasteiger partial charge is 0.0826 e. The molecule has 0 aromatic heterocycles. The second-order valence-electron chi connectivity index (χ2n) is 5.23. The number of benzene rings is 2. The lowest BCUT2D eigenvalue weighted by molar-refractivity contribution is 0.146. The van der Waals surface area contributed by atoms with Crippen molar-refractivity contribution in [1.29, 1.82) is 0 Å². The van der Waals surface area contributed by atoms with Gasteiger partial charge in [-0.05, 0) is 28.9 Å². The summed E-state index contributed by atoms with van der Waals surface area (Å²) in [5.74, 6) is 1.42. The molecule has 0 unspecified atom stereocenters. The van der Waals surface area contributed by atoms with Crippen LogP contribution in [0.2, 0.25) is 0 Å². The first-order chi connectivity index (χ1) is 8.79. The Morgan fingerprint density at radius 1 is 0.889 bits per heavy atom. The molecule has 1 saturated carbocycles. The predicted octanol–water partition coefficient (Wildman–Crippen LogP) is 3.77. The molecule has 1 nitrogen and oxygen atoms in total. The van der Waals surface area contributed by atoms with Crippen LogP contribution < -0.4 is 0 Å². The van der Waals surface area contributed by atoms with E-state index in [-0.39, 0.29) is 6.10 Å². The maximum absolute atomic E-state index is 10.5. The fourth-order valence-corrected chi connectivity index (χ4v) is 3.05. The highest BCUT2D eigenvalue weighted by Crippen LogP contribution is 2.59. The van der Waals surface area contributed by atoms with Crippen LogP contribution in [-0.4, -0.2) is 5.11 Å². The van der Waals surface area contributed by atoms with E-state index in [4.69, 9.17) is 0 Å². The van der Waals surface area contributed by atoms with Gasteiger partial charge in [0.25, 0.3) is 0 Å². The van der Waals surface area contributed by atoms with Crippen molar-refractivity contribution >= 4 is 0 Å². The predicted molar refractivity (Wildman–Crippen MR) is 73.2 cm³/mol. The van der Waals surface area contributed by atoms with Crippen LogP contribution in [0.15, 0.2) is 60.7 Å². The molecule has 1 aliphatic carbocycles. The molecule has 0 spiro atoms. The topological polar surface area (TPSA) is 20.2 Å². The van der Waals surface area contributed by atoms with Gasteiger partial charge in [0.05, 0.1) is 6.10 Å². The summed E-state index contributed by atoms with van der Waals surface area (Å²) >= 11 is 0. The second kappa shape index (κ2) is 4.58. The molecule has 2 aromatic rings. The monoisotopic (exact) mass is 238 g/mol. The highest BCUT2D eigenvalue weighted by atomic mass is 16.3. The van der Waals surface area contributed by atoms with E-state index in [9.17, 15) is 5.11 Å². The van der Waals surface area contributed by atoms with Gasteiger partial charge in [0.15, 0.2) is 0 Å². The third-order valence-corrected chi connectivity index (χ3v) is 4.14. The van der Waals surface area contributed by atoms with Gasteiger partial charge in [-0.1, -0.05) is 67.6 Å². The molecule has 1 heteroatoms. The van der Waals surface area contributed by atoms with Crippen LogP contribution >= 0.6 is 0 Å². The molecule has 0 aliphatic heterocycles. The Hall–Kier alpha value is -1.60. The molecule has 1 N–H and O–H groups in total. The van der Waals surface area contributed by atoms with Crippen LogP contribution in [0.5, 0.6) is 0 Å². The van der Waals surface area contributed by atoms with Crippen LogP contribution in [0.25, 0.3) is 0 Å². The summed E-state index contributed by atoms with van der Waals surface area (Å²) in [5, 5.41) is 10.5. The molecule has 0 bridgehead atoms. The second-order valence-corrected chi connectivity index (χ2v) is 5.23. The van der Waals surface area contributed by atoms with Gasteiger partial charge in [-0.15, -0.1) is 0 Å². The zero-order valence-electron chi connectivity index (χ0n) is 10.5. The van der Waals surface area contributed by atoms with Crippen molar-refractivity contribution in [2.75, 3.05) is 0 Å². The number of rotatable bonds is 3. The summed E-state index contributed by atoms with van der Waals surface area (Å²) in [6.07, 6.45) is -0.341. The number of hydrogen-bond donors (Lipinski definition) is 1. The zero-order chi connectivity index (χ0) is 12.5. The molecule has 1 aliphatic rings. The van der Waals surface area contributed by atoms with Crippen molar-refractivity contribution in [1.82, 2.24) is 0 Å². The Morgan fingerprint density at radius 2 is 1.44 bits per heavy atom. The quantitative estimate of drug-likeness (QED) is 0.863. The van der Waals surface area contributed by atoms with Crippen molar-refractivity contribution < 1.29 is 5.11 Å². The lowest BCUT2D eigenvalue weighted by Crippen LogP contribution is -2.01. The summed E-state index contributed by atoms with van der Waals surface area (Å²) in [6, 6.07) is 20.5. The average Bonchev–Trinajstić information content (AvgIpc) is 3.11. The lowest BCUT2D eigenvalue weighted by atomic mass is 10.0. The SMILES string of the molecule is C[C@@H]1[C@@H](c2ccccc2)[C@@H]1[C@H](O)c1ccccc1. The Balaban J connectivity index is 1.80. The van der Waals surface area contributed by atoms with E-state index in [0.29, 0.717) is 17.8 Å². The van der Waals surface area contributed by atoms with Crippen LogP contribution in [0.4, 0.5) is 0 Å². The van der Waals surface area contributed by atoms with Crippen molar-refractivity contribution in [3.05, 3.63) is 71.8 Å². The van der Waals surface area contributed by atoms with Crippen LogP contribution in [-0.2, 0) is 0 Å². The first-order valence-corrected chi connectivity index (χ1v) is 6.57. The van der Waals surface area contributed by atoms with Gasteiger partial charge in [-0.2, -0.15) is 0 Å². The summed E-state index contributed by atoms with van der Waals surface area (Å²) in [4.78, 5) is 0. The number of hydrogen-bond acceptors (Lipinski definition) is 1. The minimum Gasteiger partial charge on any atom is -0.388 e. The molecule has 92 valence electrons. The molecule has 0 amide bonds. The molecule has 2 aromatic carbocycles. The molecular formula is C17H18O. The van der Waals surface area contributed by atoms with Gasteiger partial charge < -0.3 is 5.11 Å². The summed E-state index contributed by atoms with van der Waals surface area (Å²) in [6.45, 7) is 2.23. The largest absolute Gasteiger partial charge is 0.388 e. The molecule has 18 heavy (non-hydrogen) atoms. The van der Waals surface area contributed by atoms with E-state index in [0.717, 1.165) is 5.56 Å². The van der Waals surface area contributed by atoms with Gasteiger partial charge in [-0.3, -0.25) is 0 Å². The fourth-order valence-electron chi connectivity index (χ4n) is 3.05. The van der Waals surface area contributed by atoms with Crippen molar-refractivity contribution in [3.63, 3.8) is 0 Å². The van der Waals surface area contributed by atoms with Gasteiger partial charge in [0, 0.05) is 0 Å². The first-order valence-electron chi connectivity index (χ1n) is 6.57. The minimum absolute atomic E-state index is 0.341. The highest BCUT2D eigenvalue weighted by molar-refractivity contribution is 5.31. The summed E-state index contributed by atoms with van der Waals surface area (Å²) in [7, 11) is 0. The third-order valence-electron chi connectivity index (χ3n) is 4.14. The standard InChI is InChI=1S/C17H18O/c1-12-15(13-8-4-2-5-9-13)16(12)17(18)14-10-6-3-7-11-14/h2-12,15-18H,1H3/t12-,15+,16-,17-/m1/s1. The van der Waals surface area contributed by atoms with Gasteiger partial charge >= 0.3 is 0 Å². The molecule has 1 fully saturated rings. The molecule has 0 heterocycles. The third kappa shape index (κ3) is 1.95. The van der Waals surface area contributed by atoms with Gasteiger partial charge in [0.1, 0.15) is 0 Å². The van der Waals surface area contributed by atoms with E-state index in [2.05, 4.69) is 31.2 Å². The maximum atomic E-state index is 10.5. The van der Waals surface area contributed by atoms with Crippen molar-refractivity contribution in [2.24, 2.45) is 11.8 Å². The van der Waals surface area contributed by atoms with Crippen molar-refractivity contribution in [3.8, 4) is 0 Å². The molecular weight excluding hydrogens is 220 g/mol. The Kier molecular flexibility index (Phi) is 2.92. The summed E-state index contributed by atoms with van der Waals surface area (Å²) in [5.41, 5.74) is 2.39. The molecule has 3 rings (SSSR count). The molecule has 0 radical (unpaired) electrons. The number of aliphatic hydroxyl groups is 1. The Bertz CT molecular complexity index is 464. The minimum atomic E-state index is -0.341. The van der Waals surface area contributed by atoms with E-state index < -0.39 is 0 Å². The van der Waals surface area contributed by atoms with Crippen LogP contribution in [0.3, 0.4) is 0 Å². The van der Waals surface area contributed by atoms with Gasteiger partial charge in [-0.25, -0.2) is 0 Å². The van der Waals surface area contributed by atoms with Crippen molar-refractivity contribution in [2.45, 2.75) is 18.9 Å². The van der Waals surface area contributed by atoms with E-state index >= 15 is 0 Å². The van der Waals surface area contributed by atoms with E-state index in [1.165, 1.54) is 5.56 Å². The molecule has 4 atom stereocenters. The van der Waals surface area contributed by atoms with E-state index in [1.807, 2.05) is 36.4 Å². The maximum Gasteiger partial charge on any atom is 0.0826 e. The zero-order valence-corrected chi connectivity index (χ0v) is 10.5.